The number of aliphatic hydroxyl groups excluding tert-OH is 2. The van der Waals surface area contributed by atoms with Crippen molar-refractivity contribution < 1.29 is 10.2 Å². The van der Waals surface area contributed by atoms with Gasteiger partial charge >= 0.3 is 130 Å². The molecule has 0 amide bonds. The van der Waals surface area contributed by atoms with Crippen LogP contribution in [0.5, 0.6) is 0 Å². The predicted molar refractivity (Wildman–Crippen MR) is 91.9 cm³/mol. The van der Waals surface area contributed by atoms with Crippen molar-refractivity contribution >= 4 is 18.4 Å². The summed E-state index contributed by atoms with van der Waals surface area (Å²) >= 11 is -2.05. The fraction of sp³-hybridized carbons (Fsp3) is 0.882. The zero-order valence-corrected chi connectivity index (χ0v) is 16.8. The van der Waals surface area contributed by atoms with Gasteiger partial charge in [0.05, 0.1) is 0 Å². The average molecular weight is 391 g/mol. The number of aliphatic hydroxyl groups is 2. The van der Waals surface area contributed by atoms with Crippen molar-refractivity contribution in [2.45, 2.75) is 83.1 Å². The number of hydrogen-bond acceptors (Lipinski definition) is 2. The standard InChI is InChI=1S/C5H9O2.3C4H9.Sn/c1-2-3-5(7)4-6;3*1-3-4-2;/h2-3,5-7H,1,4H2;3*1,3-4H2,2H3;/b3-2+;;;;/t5-;;;;/m0..../s1. The van der Waals surface area contributed by atoms with Gasteiger partial charge in [-0.15, -0.1) is 0 Å². The van der Waals surface area contributed by atoms with Crippen LogP contribution >= 0.6 is 0 Å². The molecule has 0 aromatic rings. The Balaban J connectivity index is 4.69. The minimum absolute atomic E-state index is 0.155. The molecule has 0 saturated carbocycles. The van der Waals surface area contributed by atoms with Crippen molar-refractivity contribution in [3.05, 3.63) is 12.2 Å². The van der Waals surface area contributed by atoms with E-state index >= 15 is 0 Å². The van der Waals surface area contributed by atoms with E-state index in [0.717, 1.165) is 0 Å². The van der Waals surface area contributed by atoms with Crippen LogP contribution in [-0.4, -0.2) is 41.3 Å². The molecule has 0 spiro atoms. The van der Waals surface area contributed by atoms with E-state index in [1.54, 1.807) is 0 Å². The number of allylic oxidation sites excluding steroid dienone is 1. The van der Waals surface area contributed by atoms with Gasteiger partial charge in [0.2, 0.25) is 0 Å². The Kier molecular flexibility index (Phi) is 13.4. The molecule has 0 aliphatic carbocycles. The van der Waals surface area contributed by atoms with Gasteiger partial charge in [0.1, 0.15) is 0 Å². The van der Waals surface area contributed by atoms with Crippen molar-refractivity contribution in [1.29, 1.82) is 0 Å². The maximum absolute atomic E-state index is 9.47. The second kappa shape index (κ2) is 13.1. The molecular formula is C17H36O2Sn. The molecule has 0 unspecified atom stereocenters. The van der Waals surface area contributed by atoms with E-state index in [2.05, 4.69) is 26.8 Å². The molecule has 0 aliphatic heterocycles. The van der Waals surface area contributed by atoms with Gasteiger partial charge in [0.25, 0.3) is 0 Å². The third-order valence-corrected chi connectivity index (χ3v) is 19.5. The molecule has 2 nitrogen and oxygen atoms in total. The summed E-state index contributed by atoms with van der Waals surface area (Å²) in [6, 6.07) is 0. The van der Waals surface area contributed by atoms with Gasteiger partial charge in [-0.2, -0.15) is 0 Å². The van der Waals surface area contributed by atoms with E-state index in [0.29, 0.717) is 0 Å². The van der Waals surface area contributed by atoms with E-state index in [1.165, 1.54) is 56.3 Å². The van der Waals surface area contributed by atoms with Crippen LogP contribution in [0.3, 0.4) is 0 Å². The van der Waals surface area contributed by atoms with Gasteiger partial charge < -0.3 is 0 Å². The van der Waals surface area contributed by atoms with Crippen molar-refractivity contribution in [1.82, 2.24) is 0 Å². The van der Waals surface area contributed by atoms with Crippen molar-refractivity contribution in [3.63, 3.8) is 0 Å². The van der Waals surface area contributed by atoms with Gasteiger partial charge in [0.15, 0.2) is 0 Å². The SMILES string of the molecule is CCC[CH2][Sn]([CH2]/C=C/[C@H](O)CO)([CH2]CCC)[CH2]CCC. The topological polar surface area (TPSA) is 40.5 Å². The molecule has 20 heavy (non-hydrogen) atoms. The number of hydrogen-bond donors (Lipinski definition) is 2. The summed E-state index contributed by atoms with van der Waals surface area (Å²) in [7, 11) is 0. The van der Waals surface area contributed by atoms with Crippen LogP contribution in [0.25, 0.3) is 0 Å². The molecule has 0 aliphatic rings. The van der Waals surface area contributed by atoms with E-state index in [4.69, 9.17) is 5.11 Å². The van der Waals surface area contributed by atoms with Crippen molar-refractivity contribution in [2.75, 3.05) is 6.61 Å². The molecule has 0 aromatic heterocycles. The summed E-state index contributed by atoms with van der Waals surface area (Å²) in [4.78, 5) is 0. The fourth-order valence-electron chi connectivity index (χ4n) is 2.87. The Bertz CT molecular complexity index is 219. The predicted octanol–water partition coefficient (Wildman–Crippen LogP) is 4.74. The van der Waals surface area contributed by atoms with Crippen LogP contribution in [0, 0.1) is 0 Å². The monoisotopic (exact) mass is 392 g/mol. The molecule has 2 N–H and O–H groups in total. The van der Waals surface area contributed by atoms with E-state index < -0.39 is 24.5 Å². The first-order valence-electron chi connectivity index (χ1n) is 8.59. The molecule has 3 heteroatoms. The molecule has 0 bridgehead atoms. The third kappa shape index (κ3) is 9.40. The molecule has 0 radical (unpaired) electrons. The Hall–Kier alpha value is 0.459. The number of unbranched alkanes of at least 4 members (excludes halogenated alkanes) is 3. The first-order chi connectivity index (χ1) is 9.64. The molecular weight excluding hydrogens is 355 g/mol. The zero-order valence-electron chi connectivity index (χ0n) is 13.9. The van der Waals surface area contributed by atoms with Crippen LogP contribution in [0.1, 0.15) is 59.3 Å². The summed E-state index contributed by atoms with van der Waals surface area (Å²) < 4.78 is 5.77. The quantitative estimate of drug-likeness (QED) is 0.352. The Labute approximate surface area is 130 Å². The minimum atomic E-state index is -2.05. The van der Waals surface area contributed by atoms with Gasteiger partial charge in [-0.1, -0.05) is 0 Å². The van der Waals surface area contributed by atoms with Crippen LogP contribution in [-0.2, 0) is 0 Å². The van der Waals surface area contributed by atoms with Crippen molar-refractivity contribution in [2.24, 2.45) is 0 Å². The van der Waals surface area contributed by atoms with Crippen LogP contribution < -0.4 is 0 Å². The van der Waals surface area contributed by atoms with E-state index in [9.17, 15) is 5.11 Å². The van der Waals surface area contributed by atoms with Crippen LogP contribution in [0.4, 0.5) is 0 Å². The third-order valence-electron chi connectivity index (χ3n) is 4.28. The first kappa shape index (κ1) is 20.5. The molecule has 0 aromatic carbocycles. The second-order valence-electron chi connectivity index (χ2n) is 6.19. The zero-order chi connectivity index (χ0) is 15.3. The van der Waals surface area contributed by atoms with Gasteiger partial charge in [-0.3, -0.25) is 0 Å². The average Bonchev–Trinajstić information content (AvgIpc) is 2.48. The molecule has 0 saturated heterocycles. The summed E-state index contributed by atoms with van der Waals surface area (Å²) in [5.74, 6) is 0. The number of rotatable bonds is 13. The Morgan fingerprint density at radius 2 is 1.35 bits per heavy atom. The summed E-state index contributed by atoms with van der Waals surface area (Å²) in [6.45, 7) is 6.72. The first-order valence-corrected chi connectivity index (χ1v) is 16.7. The second-order valence-corrected chi connectivity index (χ2v) is 20.2. The van der Waals surface area contributed by atoms with Crippen LogP contribution in [0.2, 0.25) is 17.7 Å². The Morgan fingerprint density at radius 1 is 0.900 bits per heavy atom. The molecule has 0 rings (SSSR count). The Morgan fingerprint density at radius 3 is 1.70 bits per heavy atom. The van der Waals surface area contributed by atoms with Gasteiger partial charge in [0, 0.05) is 0 Å². The molecule has 0 heterocycles. The molecule has 0 fully saturated rings. The van der Waals surface area contributed by atoms with E-state index in [-0.39, 0.29) is 6.61 Å². The van der Waals surface area contributed by atoms with E-state index in [1.807, 2.05) is 6.08 Å². The van der Waals surface area contributed by atoms with Gasteiger partial charge in [-0.05, 0) is 0 Å². The molecule has 1 atom stereocenters. The molecule has 120 valence electrons. The summed E-state index contributed by atoms with van der Waals surface area (Å²) in [5.41, 5.74) is 0. The van der Waals surface area contributed by atoms with Gasteiger partial charge in [-0.25, -0.2) is 0 Å². The van der Waals surface area contributed by atoms with Crippen molar-refractivity contribution in [3.8, 4) is 0 Å². The fourth-order valence-corrected chi connectivity index (χ4v) is 18.0. The van der Waals surface area contributed by atoms with Crippen LogP contribution in [0.15, 0.2) is 12.2 Å². The normalized spacial score (nSPS) is 14.1. The summed E-state index contributed by atoms with van der Waals surface area (Å²) in [5, 5.41) is 18.4. The summed E-state index contributed by atoms with van der Waals surface area (Å²) in [6.07, 6.45) is 11.4. The maximum atomic E-state index is 9.47.